The molecule has 0 radical (unpaired) electrons. The number of rotatable bonds is 3. The van der Waals surface area contributed by atoms with Crippen molar-refractivity contribution in [3.05, 3.63) is 47.7 Å². The normalized spacial score (nSPS) is 14.3. The summed E-state index contributed by atoms with van der Waals surface area (Å²) in [6.45, 7) is -1.07. The lowest BCUT2D eigenvalue weighted by Crippen LogP contribution is -2.44. The molecule has 0 atom stereocenters. The lowest BCUT2D eigenvalue weighted by Gasteiger charge is -2.27. The molecule has 2 aromatic rings. The molecule has 12 heteroatoms. The van der Waals surface area contributed by atoms with E-state index in [1.54, 1.807) is 0 Å². The fraction of sp³-hybridized carbons (Fsp3) is 0.235. The molecule has 0 aliphatic carbocycles. The van der Waals surface area contributed by atoms with Crippen LogP contribution in [0.15, 0.2) is 36.5 Å². The molecule has 1 aromatic carbocycles. The number of hydrogen-bond donors (Lipinski definition) is 1. The zero-order chi connectivity index (χ0) is 21.4. The quantitative estimate of drug-likeness (QED) is 0.774. The molecule has 2 heterocycles. The van der Waals surface area contributed by atoms with Gasteiger partial charge in [0, 0.05) is 11.9 Å². The Labute approximate surface area is 159 Å². The number of hydrogen-bond acceptors (Lipinski definition) is 4. The fourth-order valence-corrected chi connectivity index (χ4v) is 2.57. The van der Waals surface area contributed by atoms with E-state index in [0.29, 0.717) is 12.1 Å². The summed E-state index contributed by atoms with van der Waals surface area (Å²) in [4.78, 5) is 29.1. The van der Waals surface area contributed by atoms with E-state index < -0.39 is 54.1 Å². The first kappa shape index (κ1) is 20.4. The summed E-state index contributed by atoms with van der Waals surface area (Å²) in [5.74, 6) is -1.44. The van der Waals surface area contributed by atoms with Crippen LogP contribution in [0.25, 0.3) is 0 Å². The van der Waals surface area contributed by atoms with E-state index in [9.17, 15) is 35.9 Å². The molecule has 1 N–H and O–H groups in total. The van der Waals surface area contributed by atoms with Crippen molar-refractivity contribution in [3.8, 4) is 5.75 Å². The van der Waals surface area contributed by atoms with E-state index in [1.165, 1.54) is 18.3 Å². The second kappa shape index (κ2) is 7.26. The number of nitrogens with zero attached hydrogens (tertiary/aromatic N) is 2. The Hall–Kier alpha value is -3.31. The molecule has 1 aliphatic heterocycles. The van der Waals surface area contributed by atoms with Gasteiger partial charge in [-0.05, 0) is 30.3 Å². The van der Waals surface area contributed by atoms with Crippen molar-refractivity contribution in [2.45, 2.75) is 12.4 Å². The number of alkyl halides is 6. The van der Waals surface area contributed by atoms with Gasteiger partial charge in [0.25, 0.3) is 5.91 Å². The number of carbonyl (C=O) groups is 2. The van der Waals surface area contributed by atoms with Gasteiger partial charge in [0.1, 0.15) is 6.54 Å². The van der Waals surface area contributed by atoms with Crippen molar-refractivity contribution in [1.82, 2.24) is 4.98 Å². The lowest BCUT2D eigenvalue weighted by atomic mass is 10.1. The van der Waals surface area contributed by atoms with Crippen LogP contribution < -0.4 is 15.0 Å². The third kappa shape index (κ3) is 4.58. The van der Waals surface area contributed by atoms with Crippen molar-refractivity contribution < 1.29 is 40.7 Å². The molecule has 0 saturated carbocycles. The largest absolute Gasteiger partial charge is 0.480 e. The minimum atomic E-state index is -5.05. The average molecular weight is 419 g/mol. The number of amides is 2. The van der Waals surface area contributed by atoms with Gasteiger partial charge in [-0.25, -0.2) is 4.98 Å². The minimum Gasteiger partial charge on any atom is -0.480 e. The second-order valence-corrected chi connectivity index (χ2v) is 5.94. The number of carbonyl (C=O) groups excluding carboxylic acids is 2. The van der Waals surface area contributed by atoms with E-state index >= 15 is 0 Å². The first-order chi connectivity index (χ1) is 13.4. The predicted octanol–water partition coefficient (Wildman–Crippen LogP) is 3.48. The second-order valence-electron chi connectivity index (χ2n) is 5.94. The van der Waals surface area contributed by atoms with Gasteiger partial charge < -0.3 is 10.1 Å². The first-order valence-corrected chi connectivity index (χ1v) is 7.92. The van der Waals surface area contributed by atoms with E-state index in [4.69, 9.17) is 4.74 Å². The smallest absolute Gasteiger partial charge is 0.416 e. The SMILES string of the molecule is O=C(CN1C(=O)COc2cccnc21)Nc1cc(C(F)(F)F)cc(C(F)(F)F)c1. The summed E-state index contributed by atoms with van der Waals surface area (Å²) in [7, 11) is 0. The van der Waals surface area contributed by atoms with Crippen LogP contribution in [0.2, 0.25) is 0 Å². The number of halogens is 6. The molecule has 1 aliphatic rings. The Bertz CT molecular complexity index is 926. The summed E-state index contributed by atoms with van der Waals surface area (Å²) in [6.07, 6.45) is -8.78. The van der Waals surface area contributed by atoms with Crippen molar-refractivity contribution >= 4 is 23.3 Å². The van der Waals surface area contributed by atoms with E-state index in [-0.39, 0.29) is 17.6 Å². The number of fused-ring (bicyclic) bond motifs is 1. The van der Waals surface area contributed by atoms with Crippen LogP contribution in [0.3, 0.4) is 0 Å². The van der Waals surface area contributed by atoms with Crippen LogP contribution in [-0.2, 0) is 21.9 Å². The molecule has 3 rings (SSSR count). The van der Waals surface area contributed by atoms with E-state index in [2.05, 4.69) is 4.98 Å². The molecule has 6 nitrogen and oxygen atoms in total. The lowest BCUT2D eigenvalue weighted by molar-refractivity contribution is -0.143. The highest BCUT2D eigenvalue weighted by Crippen LogP contribution is 2.37. The predicted molar refractivity (Wildman–Crippen MR) is 87.2 cm³/mol. The summed E-state index contributed by atoms with van der Waals surface area (Å²) in [6, 6.07) is 3.71. The molecule has 0 bridgehead atoms. The summed E-state index contributed by atoms with van der Waals surface area (Å²) in [5, 5.41) is 1.96. The summed E-state index contributed by atoms with van der Waals surface area (Å²) in [5.41, 5.74) is -3.85. The zero-order valence-electron chi connectivity index (χ0n) is 14.3. The van der Waals surface area contributed by atoms with Crippen LogP contribution in [0.5, 0.6) is 5.75 Å². The molecule has 154 valence electrons. The number of ether oxygens (including phenoxy) is 1. The monoisotopic (exact) mass is 419 g/mol. The molecule has 2 amide bonds. The molecular formula is C17H11F6N3O3. The molecule has 29 heavy (non-hydrogen) atoms. The summed E-state index contributed by atoms with van der Waals surface area (Å²) >= 11 is 0. The third-order valence-electron chi connectivity index (χ3n) is 3.83. The van der Waals surface area contributed by atoms with Gasteiger partial charge in [-0.15, -0.1) is 0 Å². The van der Waals surface area contributed by atoms with Gasteiger partial charge >= 0.3 is 12.4 Å². The van der Waals surface area contributed by atoms with Gasteiger partial charge in [0.2, 0.25) is 5.91 Å². The van der Waals surface area contributed by atoms with Crippen LogP contribution in [-0.4, -0.2) is 29.9 Å². The van der Waals surface area contributed by atoms with Crippen molar-refractivity contribution in [1.29, 1.82) is 0 Å². The van der Waals surface area contributed by atoms with Gasteiger partial charge in [-0.3, -0.25) is 14.5 Å². The Kier molecular flexibility index (Phi) is 5.11. The Balaban J connectivity index is 1.85. The highest BCUT2D eigenvalue weighted by atomic mass is 19.4. The minimum absolute atomic E-state index is 0.0129. The molecular weight excluding hydrogens is 408 g/mol. The zero-order valence-corrected chi connectivity index (χ0v) is 14.3. The van der Waals surface area contributed by atoms with Gasteiger partial charge in [0.15, 0.2) is 18.2 Å². The molecule has 0 unspecified atom stereocenters. The third-order valence-corrected chi connectivity index (χ3v) is 3.83. The maximum absolute atomic E-state index is 12.9. The van der Waals surface area contributed by atoms with Crippen molar-refractivity contribution in [3.63, 3.8) is 0 Å². The summed E-state index contributed by atoms with van der Waals surface area (Å²) < 4.78 is 82.6. The Morgan fingerprint density at radius 3 is 2.31 bits per heavy atom. The fourth-order valence-electron chi connectivity index (χ4n) is 2.57. The van der Waals surface area contributed by atoms with E-state index in [1.807, 2.05) is 5.32 Å². The maximum atomic E-state index is 12.9. The number of anilines is 2. The standard InChI is InChI=1S/C17H11F6N3O3/c18-16(19,20)9-4-10(17(21,22)23)6-11(5-9)25-13(27)7-26-14(28)8-29-12-2-1-3-24-15(12)26/h1-6H,7-8H2,(H,25,27). The number of nitrogens with one attached hydrogen (secondary N) is 1. The first-order valence-electron chi connectivity index (χ1n) is 7.92. The van der Waals surface area contributed by atoms with Gasteiger partial charge in [0.05, 0.1) is 11.1 Å². The Morgan fingerprint density at radius 2 is 1.72 bits per heavy atom. The van der Waals surface area contributed by atoms with Crippen LogP contribution in [0, 0.1) is 0 Å². The number of aromatic nitrogens is 1. The molecule has 0 saturated heterocycles. The van der Waals surface area contributed by atoms with E-state index in [0.717, 1.165) is 4.90 Å². The molecule has 0 spiro atoms. The van der Waals surface area contributed by atoms with Crippen LogP contribution in [0.4, 0.5) is 37.8 Å². The maximum Gasteiger partial charge on any atom is 0.416 e. The highest BCUT2D eigenvalue weighted by Gasteiger charge is 2.37. The topological polar surface area (TPSA) is 71.5 Å². The number of pyridine rings is 1. The van der Waals surface area contributed by atoms with Crippen LogP contribution in [0.1, 0.15) is 11.1 Å². The average Bonchev–Trinajstić information content (AvgIpc) is 2.62. The van der Waals surface area contributed by atoms with Crippen LogP contribution >= 0.6 is 0 Å². The molecule has 0 fully saturated rings. The van der Waals surface area contributed by atoms with Crippen molar-refractivity contribution in [2.75, 3.05) is 23.4 Å². The highest BCUT2D eigenvalue weighted by molar-refractivity contribution is 6.04. The Morgan fingerprint density at radius 1 is 1.10 bits per heavy atom. The van der Waals surface area contributed by atoms with Gasteiger partial charge in [-0.1, -0.05) is 0 Å². The molecule has 1 aromatic heterocycles. The number of benzene rings is 1. The van der Waals surface area contributed by atoms with Crippen molar-refractivity contribution in [2.24, 2.45) is 0 Å². The van der Waals surface area contributed by atoms with Gasteiger partial charge in [-0.2, -0.15) is 26.3 Å².